The van der Waals surface area contributed by atoms with Crippen LogP contribution in [0.1, 0.15) is 58.8 Å². The monoisotopic (exact) mass is 267 g/mol. The summed E-state index contributed by atoms with van der Waals surface area (Å²) in [5, 5.41) is 12.1. The Bertz CT molecular complexity index is 362. The second kappa shape index (κ2) is 5.51. The molecule has 2 rings (SSSR count). The molecule has 0 aromatic carbocycles. The lowest BCUT2D eigenvalue weighted by Crippen LogP contribution is -2.54. The van der Waals surface area contributed by atoms with Crippen LogP contribution in [-0.4, -0.2) is 22.5 Å². The van der Waals surface area contributed by atoms with Crippen molar-refractivity contribution < 1.29 is 14.7 Å². The molecule has 19 heavy (non-hydrogen) atoms. The van der Waals surface area contributed by atoms with Gasteiger partial charge in [-0.05, 0) is 49.9 Å². The second-order valence-corrected chi connectivity index (χ2v) is 6.28. The number of carboxylic acid groups (broad SMARTS) is 1. The van der Waals surface area contributed by atoms with Crippen LogP contribution in [0.5, 0.6) is 0 Å². The zero-order valence-corrected chi connectivity index (χ0v) is 11.9. The Morgan fingerprint density at radius 2 is 1.89 bits per heavy atom. The maximum absolute atomic E-state index is 12.1. The van der Waals surface area contributed by atoms with Gasteiger partial charge < -0.3 is 10.4 Å². The quantitative estimate of drug-likeness (QED) is 0.777. The van der Waals surface area contributed by atoms with Gasteiger partial charge in [-0.1, -0.05) is 20.3 Å². The molecule has 2 aliphatic rings. The highest BCUT2D eigenvalue weighted by atomic mass is 16.4. The minimum atomic E-state index is -1.07. The van der Waals surface area contributed by atoms with Crippen molar-refractivity contribution in [2.45, 2.75) is 64.3 Å². The van der Waals surface area contributed by atoms with Gasteiger partial charge in [0.1, 0.15) is 5.54 Å². The fourth-order valence-corrected chi connectivity index (χ4v) is 3.97. The lowest BCUT2D eigenvalue weighted by Gasteiger charge is -2.29. The van der Waals surface area contributed by atoms with Gasteiger partial charge in [-0.2, -0.15) is 0 Å². The molecule has 0 aromatic heterocycles. The van der Waals surface area contributed by atoms with E-state index in [4.69, 9.17) is 0 Å². The van der Waals surface area contributed by atoms with Crippen LogP contribution in [-0.2, 0) is 9.59 Å². The number of amides is 1. The predicted molar refractivity (Wildman–Crippen MR) is 72.6 cm³/mol. The Labute approximate surface area is 115 Å². The SMILES string of the molecule is CCC(CC)(NC(=O)CC1CC2CCC1C2)C(=O)O. The highest BCUT2D eigenvalue weighted by molar-refractivity contribution is 5.87. The van der Waals surface area contributed by atoms with E-state index in [1.807, 2.05) is 13.8 Å². The van der Waals surface area contributed by atoms with E-state index >= 15 is 0 Å². The van der Waals surface area contributed by atoms with E-state index in [9.17, 15) is 14.7 Å². The van der Waals surface area contributed by atoms with Crippen molar-refractivity contribution in [1.29, 1.82) is 0 Å². The van der Waals surface area contributed by atoms with E-state index in [0.29, 0.717) is 31.1 Å². The van der Waals surface area contributed by atoms with Crippen molar-refractivity contribution in [3.63, 3.8) is 0 Å². The summed E-state index contributed by atoms with van der Waals surface area (Å²) in [6.07, 6.45) is 6.40. The van der Waals surface area contributed by atoms with Crippen LogP contribution in [0.25, 0.3) is 0 Å². The van der Waals surface area contributed by atoms with Crippen LogP contribution in [0.15, 0.2) is 0 Å². The van der Waals surface area contributed by atoms with Gasteiger partial charge in [0.05, 0.1) is 0 Å². The molecule has 3 atom stereocenters. The molecule has 0 heterocycles. The molecule has 0 radical (unpaired) electrons. The van der Waals surface area contributed by atoms with Crippen molar-refractivity contribution in [3.05, 3.63) is 0 Å². The predicted octanol–water partition coefficient (Wildman–Crippen LogP) is 2.57. The average Bonchev–Trinajstić information content (AvgIpc) is 2.97. The number of fused-ring (bicyclic) bond motifs is 2. The Morgan fingerprint density at radius 1 is 1.21 bits per heavy atom. The summed E-state index contributed by atoms with van der Waals surface area (Å²) in [5.74, 6) is 1.02. The van der Waals surface area contributed by atoms with Crippen molar-refractivity contribution in [2.75, 3.05) is 0 Å². The molecule has 3 unspecified atom stereocenters. The fraction of sp³-hybridized carbons (Fsp3) is 0.867. The summed E-state index contributed by atoms with van der Waals surface area (Å²) in [5.41, 5.74) is -1.07. The molecule has 1 amide bonds. The first-order chi connectivity index (χ1) is 9.00. The maximum Gasteiger partial charge on any atom is 0.329 e. The van der Waals surface area contributed by atoms with Crippen molar-refractivity contribution in [3.8, 4) is 0 Å². The molecule has 2 saturated carbocycles. The summed E-state index contributed by atoms with van der Waals surface area (Å²) < 4.78 is 0. The van der Waals surface area contributed by atoms with Crippen LogP contribution in [0.4, 0.5) is 0 Å². The fourth-order valence-electron chi connectivity index (χ4n) is 3.97. The standard InChI is InChI=1S/C15H25NO3/c1-3-15(4-2,14(18)19)16-13(17)9-12-8-10-5-6-11(12)7-10/h10-12H,3-9H2,1-2H3,(H,16,17)(H,18,19). The number of hydrogen-bond donors (Lipinski definition) is 2. The lowest BCUT2D eigenvalue weighted by molar-refractivity contribution is -0.148. The minimum Gasteiger partial charge on any atom is -0.480 e. The summed E-state index contributed by atoms with van der Waals surface area (Å²) in [6.45, 7) is 3.63. The number of nitrogens with one attached hydrogen (secondary N) is 1. The van der Waals surface area contributed by atoms with E-state index < -0.39 is 11.5 Å². The third kappa shape index (κ3) is 2.77. The van der Waals surface area contributed by atoms with Gasteiger partial charge in [-0.3, -0.25) is 4.79 Å². The van der Waals surface area contributed by atoms with Crippen LogP contribution in [0, 0.1) is 17.8 Å². The minimum absolute atomic E-state index is 0.0800. The van der Waals surface area contributed by atoms with E-state index in [1.165, 1.54) is 19.3 Å². The third-order valence-electron chi connectivity index (χ3n) is 5.33. The van der Waals surface area contributed by atoms with Crippen LogP contribution >= 0.6 is 0 Å². The molecule has 4 nitrogen and oxygen atoms in total. The molecule has 0 spiro atoms. The first-order valence-electron chi connectivity index (χ1n) is 7.55. The normalized spacial score (nSPS) is 29.5. The van der Waals surface area contributed by atoms with E-state index in [1.54, 1.807) is 0 Å². The summed E-state index contributed by atoms with van der Waals surface area (Å²) in [7, 11) is 0. The summed E-state index contributed by atoms with van der Waals surface area (Å²) in [4.78, 5) is 23.5. The van der Waals surface area contributed by atoms with Gasteiger partial charge in [0.2, 0.25) is 5.91 Å². The molecular weight excluding hydrogens is 242 g/mol. The van der Waals surface area contributed by atoms with Crippen molar-refractivity contribution >= 4 is 11.9 Å². The van der Waals surface area contributed by atoms with E-state index in [-0.39, 0.29) is 5.91 Å². The average molecular weight is 267 g/mol. The lowest BCUT2D eigenvalue weighted by atomic mass is 9.85. The highest BCUT2D eigenvalue weighted by Crippen LogP contribution is 2.49. The maximum atomic E-state index is 12.1. The third-order valence-corrected chi connectivity index (χ3v) is 5.33. The topological polar surface area (TPSA) is 66.4 Å². The zero-order chi connectivity index (χ0) is 14.0. The van der Waals surface area contributed by atoms with Gasteiger partial charge in [-0.15, -0.1) is 0 Å². The molecule has 108 valence electrons. The molecule has 4 heteroatoms. The first kappa shape index (κ1) is 14.4. The molecule has 2 fully saturated rings. The Hall–Kier alpha value is -1.06. The molecule has 0 aromatic rings. The highest BCUT2D eigenvalue weighted by Gasteiger charge is 2.42. The Kier molecular flexibility index (Phi) is 4.16. The van der Waals surface area contributed by atoms with Gasteiger partial charge in [0, 0.05) is 6.42 Å². The molecular formula is C15H25NO3. The van der Waals surface area contributed by atoms with Crippen molar-refractivity contribution in [1.82, 2.24) is 5.32 Å². The number of carbonyl (C=O) groups excluding carboxylic acids is 1. The van der Waals surface area contributed by atoms with Crippen LogP contribution in [0.3, 0.4) is 0 Å². The number of aliphatic carboxylic acids is 1. The number of rotatable bonds is 6. The molecule has 2 bridgehead atoms. The summed E-state index contributed by atoms with van der Waals surface area (Å²) in [6, 6.07) is 0. The molecule has 2 aliphatic carbocycles. The van der Waals surface area contributed by atoms with Gasteiger partial charge in [0.25, 0.3) is 0 Å². The Morgan fingerprint density at radius 3 is 2.32 bits per heavy atom. The number of carbonyl (C=O) groups is 2. The van der Waals surface area contributed by atoms with Gasteiger partial charge >= 0.3 is 5.97 Å². The zero-order valence-electron chi connectivity index (χ0n) is 11.9. The van der Waals surface area contributed by atoms with Crippen molar-refractivity contribution in [2.24, 2.45) is 17.8 Å². The first-order valence-corrected chi connectivity index (χ1v) is 7.55. The second-order valence-electron chi connectivity index (χ2n) is 6.28. The Balaban J connectivity index is 1.91. The molecule has 0 aliphatic heterocycles. The van der Waals surface area contributed by atoms with Crippen LogP contribution in [0.2, 0.25) is 0 Å². The molecule has 0 saturated heterocycles. The van der Waals surface area contributed by atoms with E-state index in [2.05, 4.69) is 5.32 Å². The summed E-state index contributed by atoms with van der Waals surface area (Å²) >= 11 is 0. The smallest absolute Gasteiger partial charge is 0.329 e. The number of carboxylic acids is 1. The molecule has 2 N–H and O–H groups in total. The largest absolute Gasteiger partial charge is 0.480 e. The van der Waals surface area contributed by atoms with Crippen LogP contribution < -0.4 is 5.32 Å². The van der Waals surface area contributed by atoms with Gasteiger partial charge in [-0.25, -0.2) is 4.79 Å². The number of hydrogen-bond acceptors (Lipinski definition) is 2. The van der Waals surface area contributed by atoms with E-state index in [0.717, 1.165) is 12.3 Å². The van der Waals surface area contributed by atoms with Gasteiger partial charge in [0.15, 0.2) is 0 Å².